The van der Waals surface area contributed by atoms with Gasteiger partial charge in [0, 0.05) is 43.5 Å². The number of halogens is 2. The Labute approximate surface area is 246 Å². The van der Waals surface area contributed by atoms with Crippen molar-refractivity contribution in [2.24, 2.45) is 0 Å². The van der Waals surface area contributed by atoms with Gasteiger partial charge < -0.3 is 29.1 Å². The molecule has 1 N–H and O–H groups in total. The van der Waals surface area contributed by atoms with E-state index in [9.17, 15) is 14.7 Å². The van der Waals surface area contributed by atoms with Gasteiger partial charge in [0.1, 0.15) is 28.8 Å². The normalized spacial score (nSPS) is 17.2. The SMILES string of the molecule is CN(C)C1CN(c2ccc(-n3cc(C(=O)O)c(=O)c4cc(F)c(N5CCC[C@H]5COc5ncccc5Cl)cc43)cn2)C1. The Balaban J connectivity index is 1.36. The molecule has 0 saturated carbocycles. The Kier molecular flexibility index (Phi) is 7.46. The van der Waals surface area contributed by atoms with E-state index in [1.54, 1.807) is 35.2 Å². The number of aromatic nitrogens is 3. The van der Waals surface area contributed by atoms with E-state index in [2.05, 4.69) is 19.8 Å². The Hall–Kier alpha value is -4.22. The van der Waals surface area contributed by atoms with Gasteiger partial charge in [-0.1, -0.05) is 11.6 Å². The third-order valence-electron chi connectivity index (χ3n) is 8.05. The van der Waals surface area contributed by atoms with Crippen molar-refractivity contribution in [2.75, 3.05) is 50.1 Å². The third-order valence-corrected chi connectivity index (χ3v) is 8.34. The van der Waals surface area contributed by atoms with Gasteiger partial charge in [0.15, 0.2) is 0 Å². The summed E-state index contributed by atoms with van der Waals surface area (Å²) in [6.45, 7) is 2.55. The molecule has 2 aliphatic rings. The molecular weight excluding hydrogens is 563 g/mol. The van der Waals surface area contributed by atoms with Crippen LogP contribution in [0.5, 0.6) is 5.88 Å². The van der Waals surface area contributed by atoms with Gasteiger partial charge in [-0.2, -0.15) is 0 Å². The number of likely N-dealkylation sites (N-methyl/N-ethyl adjacent to an activating group) is 1. The Morgan fingerprint density at radius 1 is 1.21 bits per heavy atom. The van der Waals surface area contributed by atoms with Gasteiger partial charge in [0.2, 0.25) is 11.3 Å². The molecule has 6 rings (SSSR count). The monoisotopic (exact) mass is 592 g/mol. The van der Waals surface area contributed by atoms with Crippen molar-refractivity contribution in [1.29, 1.82) is 0 Å². The van der Waals surface area contributed by atoms with Crippen molar-refractivity contribution in [2.45, 2.75) is 24.9 Å². The largest absolute Gasteiger partial charge is 0.477 e. The van der Waals surface area contributed by atoms with Gasteiger partial charge in [-0.25, -0.2) is 19.2 Å². The van der Waals surface area contributed by atoms with Crippen LogP contribution in [0.4, 0.5) is 15.9 Å². The average Bonchev–Trinajstić information content (AvgIpc) is 3.40. The molecule has 42 heavy (non-hydrogen) atoms. The lowest BCUT2D eigenvalue weighted by molar-refractivity contribution is 0.0695. The summed E-state index contributed by atoms with van der Waals surface area (Å²) in [5, 5.41) is 10.1. The smallest absolute Gasteiger partial charge is 0.341 e. The third kappa shape index (κ3) is 5.14. The van der Waals surface area contributed by atoms with Crippen molar-refractivity contribution in [3.8, 4) is 11.6 Å². The van der Waals surface area contributed by atoms with E-state index < -0.39 is 22.8 Å². The van der Waals surface area contributed by atoms with E-state index in [0.29, 0.717) is 40.4 Å². The van der Waals surface area contributed by atoms with Crippen LogP contribution in [0.3, 0.4) is 0 Å². The lowest BCUT2D eigenvalue weighted by Gasteiger charge is -2.43. The Bertz CT molecular complexity index is 1710. The quantitative estimate of drug-likeness (QED) is 0.324. The minimum Gasteiger partial charge on any atom is -0.477 e. The maximum atomic E-state index is 15.7. The zero-order valence-corrected chi connectivity index (χ0v) is 24.0. The van der Waals surface area contributed by atoms with Crippen LogP contribution in [-0.2, 0) is 0 Å². The molecule has 10 nitrogen and oxygen atoms in total. The maximum absolute atomic E-state index is 15.7. The number of anilines is 2. The first-order valence-electron chi connectivity index (χ1n) is 13.7. The molecule has 2 saturated heterocycles. The van der Waals surface area contributed by atoms with Crippen molar-refractivity contribution >= 4 is 40.0 Å². The predicted octanol–water partition coefficient (Wildman–Crippen LogP) is 4.07. The highest BCUT2D eigenvalue weighted by molar-refractivity contribution is 6.31. The van der Waals surface area contributed by atoms with Crippen molar-refractivity contribution in [3.63, 3.8) is 0 Å². The van der Waals surface area contributed by atoms with E-state index in [-0.39, 0.29) is 18.0 Å². The number of carbonyl (C=O) groups is 1. The van der Waals surface area contributed by atoms with Crippen LogP contribution in [0.25, 0.3) is 16.6 Å². The summed E-state index contributed by atoms with van der Waals surface area (Å²) in [5.74, 6) is -0.880. The molecule has 0 bridgehead atoms. The van der Waals surface area contributed by atoms with Crippen LogP contribution in [0, 0.1) is 5.82 Å². The van der Waals surface area contributed by atoms with Crippen LogP contribution in [-0.4, -0.2) is 82.9 Å². The fraction of sp³-hybridized carbons (Fsp3) is 0.333. The molecule has 3 aromatic heterocycles. The summed E-state index contributed by atoms with van der Waals surface area (Å²) in [6, 6.07) is 10.1. The van der Waals surface area contributed by atoms with Gasteiger partial charge in [-0.05, 0) is 63.3 Å². The lowest BCUT2D eigenvalue weighted by atomic mass is 10.1. The number of hydrogen-bond acceptors (Lipinski definition) is 8. The molecular formula is C30H30ClFN6O4. The average molecular weight is 593 g/mol. The van der Waals surface area contributed by atoms with Crippen LogP contribution in [0.1, 0.15) is 23.2 Å². The highest BCUT2D eigenvalue weighted by Crippen LogP contribution is 2.33. The van der Waals surface area contributed by atoms with E-state index in [1.807, 2.05) is 31.1 Å². The molecule has 0 aliphatic carbocycles. The predicted molar refractivity (Wildman–Crippen MR) is 159 cm³/mol. The summed E-state index contributed by atoms with van der Waals surface area (Å²) < 4.78 is 23.1. The fourth-order valence-electron chi connectivity index (χ4n) is 5.58. The number of carboxylic acids is 1. The number of aromatic carboxylic acids is 1. The second-order valence-corrected chi connectivity index (χ2v) is 11.3. The number of fused-ring (bicyclic) bond motifs is 1. The van der Waals surface area contributed by atoms with Gasteiger partial charge in [-0.15, -0.1) is 0 Å². The molecule has 4 aromatic rings. The first kappa shape index (κ1) is 27.9. The van der Waals surface area contributed by atoms with Crippen LogP contribution < -0.4 is 20.0 Å². The zero-order valence-electron chi connectivity index (χ0n) is 23.2. The maximum Gasteiger partial charge on any atom is 0.341 e. The molecule has 0 unspecified atom stereocenters. The second kappa shape index (κ2) is 11.2. The standard InChI is InChI=1S/C30H30ClFN6O4/c1-35(2)20-14-36(15-20)27-8-7-18(13-34-27)38-16-22(30(40)41)28(39)21-11-24(32)26(12-25(21)38)37-10-4-5-19(37)17-42-29-23(31)6-3-9-33-29/h3,6-9,11-13,16,19-20H,4-5,10,14-15,17H2,1-2H3,(H,40,41)/t19-/m0/s1. The minimum absolute atomic E-state index is 0.0240. The van der Waals surface area contributed by atoms with Crippen LogP contribution in [0.2, 0.25) is 5.02 Å². The number of ether oxygens (including phenoxy) is 1. The molecule has 5 heterocycles. The van der Waals surface area contributed by atoms with Gasteiger partial charge in [0.25, 0.3) is 0 Å². The summed E-state index contributed by atoms with van der Waals surface area (Å²) in [6.07, 6.45) is 6.10. The van der Waals surface area contributed by atoms with Crippen LogP contribution in [0.15, 0.2) is 59.8 Å². The van der Waals surface area contributed by atoms with Gasteiger partial charge in [0.05, 0.1) is 29.1 Å². The first-order chi connectivity index (χ1) is 20.2. The molecule has 1 aromatic carbocycles. The molecule has 0 radical (unpaired) electrons. The van der Waals surface area contributed by atoms with Crippen LogP contribution >= 0.6 is 11.6 Å². The number of rotatable bonds is 8. The first-order valence-corrected chi connectivity index (χ1v) is 14.1. The van der Waals surface area contributed by atoms with Crippen molar-refractivity contribution < 1.29 is 19.0 Å². The summed E-state index contributed by atoms with van der Waals surface area (Å²) in [4.78, 5) is 40.1. The summed E-state index contributed by atoms with van der Waals surface area (Å²) in [5.41, 5.74) is 0.0449. The number of benzene rings is 1. The Morgan fingerprint density at radius 2 is 2.02 bits per heavy atom. The topological polar surface area (TPSA) is 104 Å². The van der Waals surface area contributed by atoms with Gasteiger partial charge >= 0.3 is 5.97 Å². The van der Waals surface area contributed by atoms with Crippen molar-refractivity contribution in [3.05, 3.63) is 81.6 Å². The second-order valence-electron chi connectivity index (χ2n) is 10.9. The fourth-order valence-corrected chi connectivity index (χ4v) is 5.75. The molecule has 0 amide bonds. The molecule has 1 atom stereocenters. The Morgan fingerprint density at radius 3 is 2.71 bits per heavy atom. The molecule has 0 spiro atoms. The highest BCUT2D eigenvalue weighted by atomic mass is 35.5. The van der Waals surface area contributed by atoms with E-state index in [1.165, 1.54) is 6.20 Å². The number of hydrogen-bond donors (Lipinski definition) is 1. The molecule has 12 heteroatoms. The number of pyridine rings is 3. The van der Waals surface area contributed by atoms with E-state index in [4.69, 9.17) is 16.3 Å². The van der Waals surface area contributed by atoms with E-state index in [0.717, 1.165) is 37.8 Å². The van der Waals surface area contributed by atoms with Gasteiger partial charge in [-0.3, -0.25) is 4.79 Å². The lowest BCUT2D eigenvalue weighted by Crippen LogP contribution is -2.57. The summed E-state index contributed by atoms with van der Waals surface area (Å²) >= 11 is 6.19. The highest BCUT2D eigenvalue weighted by Gasteiger charge is 2.30. The number of carboxylic acid groups (broad SMARTS) is 1. The summed E-state index contributed by atoms with van der Waals surface area (Å²) in [7, 11) is 4.09. The molecule has 218 valence electrons. The van der Waals surface area contributed by atoms with E-state index >= 15 is 4.39 Å². The zero-order chi connectivity index (χ0) is 29.5. The number of nitrogens with zero attached hydrogens (tertiary/aromatic N) is 6. The molecule has 2 fully saturated rings. The van der Waals surface area contributed by atoms with Crippen molar-refractivity contribution in [1.82, 2.24) is 19.4 Å². The minimum atomic E-state index is -1.38. The molecule has 2 aliphatic heterocycles.